The number of carbonyl (C=O) groups excluding carboxylic acids is 1. The van der Waals surface area contributed by atoms with Crippen molar-refractivity contribution in [1.29, 1.82) is 0 Å². The molecule has 104 valence electrons. The largest absolute Gasteiger partial charge is 0.353 e. The lowest BCUT2D eigenvalue weighted by atomic mass is 9.84. The molecule has 2 fully saturated rings. The van der Waals surface area contributed by atoms with Crippen molar-refractivity contribution < 1.29 is 4.79 Å². The van der Waals surface area contributed by atoms with Crippen LogP contribution in [0.2, 0.25) is 0 Å². The molecule has 4 atom stereocenters. The van der Waals surface area contributed by atoms with E-state index in [2.05, 4.69) is 29.1 Å². The minimum absolute atomic E-state index is 0.224. The van der Waals surface area contributed by atoms with Crippen LogP contribution >= 0.6 is 11.3 Å². The number of amides is 1. The van der Waals surface area contributed by atoms with Crippen molar-refractivity contribution in [1.82, 2.24) is 5.32 Å². The molecule has 19 heavy (non-hydrogen) atoms. The number of rotatable bonds is 5. The van der Waals surface area contributed by atoms with Crippen molar-refractivity contribution in [3.63, 3.8) is 0 Å². The van der Waals surface area contributed by atoms with Crippen molar-refractivity contribution in [3.8, 4) is 0 Å². The predicted molar refractivity (Wildman–Crippen MR) is 79.2 cm³/mol. The van der Waals surface area contributed by atoms with Gasteiger partial charge >= 0.3 is 0 Å². The van der Waals surface area contributed by atoms with E-state index in [9.17, 15) is 4.79 Å². The quantitative estimate of drug-likeness (QED) is 0.875. The molecule has 1 aromatic heterocycles. The third-order valence-corrected chi connectivity index (χ3v) is 5.78. The topological polar surface area (TPSA) is 29.1 Å². The minimum atomic E-state index is 0.224. The molecule has 0 saturated heterocycles. The van der Waals surface area contributed by atoms with Gasteiger partial charge in [-0.15, -0.1) is 0 Å². The van der Waals surface area contributed by atoms with Crippen molar-refractivity contribution >= 4 is 17.2 Å². The van der Waals surface area contributed by atoms with Gasteiger partial charge in [-0.05, 0) is 72.8 Å². The monoisotopic (exact) mass is 277 g/mol. The van der Waals surface area contributed by atoms with E-state index in [0.29, 0.717) is 12.5 Å². The third-order valence-electron chi connectivity index (χ3n) is 5.04. The van der Waals surface area contributed by atoms with Gasteiger partial charge in [-0.1, -0.05) is 6.42 Å². The maximum absolute atomic E-state index is 12.0. The van der Waals surface area contributed by atoms with E-state index in [4.69, 9.17) is 0 Å². The highest BCUT2D eigenvalue weighted by Gasteiger charge is 2.41. The normalized spacial score (nSPS) is 30.5. The Labute approximate surface area is 119 Å². The molecular weight excluding hydrogens is 254 g/mol. The molecule has 1 N–H and O–H groups in total. The molecule has 2 nitrogen and oxygen atoms in total. The number of hydrogen-bond donors (Lipinski definition) is 1. The first-order chi connectivity index (χ1) is 9.22. The number of aryl methyl sites for hydroxylation is 1. The zero-order valence-corrected chi connectivity index (χ0v) is 12.4. The number of carbonyl (C=O) groups is 1. The van der Waals surface area contributed by atoms with Gasteiger partial charge in [0.05, 0.1) is 0 Å². The molecule has 1 aromatic rings. The average Bonchev–Trinajstić information content (AvgIpc) is 3.13. The summed E-state index contributed by atoms with van der Waals surface area (Å²) in [5.41, 5.74) is 1.28. The second kappa shape index (κ2) is 5.66. The van der Waals surface area contributed by atoms with Crippen LogP contribution < -0.4 is 5.32 Å². The molecule has 0 aromatic carbocycles. The van der Waals surface area contributed by atoms with Crippen molar-refractivity contribution in [2.24, 2.45) is 17.8 Å². The molecule has 2 saturated carbocycles. The Hall–Kier alpha value is -0.830. The van der Waals surface area contributed by atoms with Crippen LogP contribution in [-0.2, 0) is 11.2 Å². The molecule has 3 heteroatoms. The van der Waals surface area contributed by atoms with Crippen molar-refractivity contribution in [2.75, 3.05) is 0 Å². The molecule has 0 radical (unpaired) electrons. The lowest BCUT2D eigenvalue weighted by Crippen LogP contribution is -2.40. The summed E-state index contributed by atoms with van der Waals surface area (Å²) in [5, 5.41) is 7.44. The van der Waals surface area contributed by atoms with Crippen LogP contribution in [0.3, 0.4) is 0 Å². The highest BCUT2D eigenvalue weighted by atomic mass is 32.1. The zero-order chi connectivity index (χ0) is 13.2. The molecule has 1 heterocycles. The lowest BCUT2D eigenvalue weighted by Gasteiger charge is -2.28. The van der Waals surface area contributed by atoms with Gasteiger partial charge in [0.1, 0.15) is 0 Å². The average molecular weight is 277 g/mol. The molecule has 1 amide bonds. The first-order valence-corrected chi connectivity index (χ1v) is 8.47. The van der Waals surface area contributed by atoms with Crippen molar-refractivity contribution in [3.05, 3.63) is 22.4 Å². The van der Waals surface area contributed by atoms with Crippen LogP contribution in [0.1, 0.15) is 44.6 Å². The Kier molecular flexibility index (Phi) is 3.92. The molecule has 4 unspecified atom stereocenters. The maximum atomic E-state index is 12.0. The molecule has 0 spiro atoms. The number of fused-ring (bicyclic) bond motifs is 2. The van der Waals surface area contributed by atoms with Gasteiger partial charge in [0.15, 0.2) is 0 Å². The van der Waals surface area contributed by atoms with Crippen LogP contribution in [0, 0.1) is 17.8 Å². The summed E-state index contributed by atoms with van der Waals surface area (Å²) in [4.78, 5) is 12.0. The molecule has 3 rings (SSSR count). The highest BCUT2D eigenvalue weighted by molar-refractivity contribution is 7.07. The van der Waals surface area contributed by atoms with E-state index in [-0.39, 0.29) is 5.91 Å². The SMILES string of the molecule is CC(NC(=O)CCc1ccsc1)C1CC2CCC1C2. The standard InChI is InChI=1S/C16H23NOS/c1-11(15-9-13-2-4-14(15)8-13)17-16(18)5-3-12-6-7-19-10-12/h6-7,10-11,13-15H,2-5,8-9H2,1H3,(H,17,18). The van der Waals surface area contributed by atoms with E-state index in [1.54, 1.807) is 11.3 Å². The summed E-state index contributed by atoms with van der Waals surface area (Å²) in [7, 11) is 0. The summed E-state index contributed by atoms with van der Waals surface area (Å²) in [6.07, 6.45) is 7.08. The van der Waals surface area contributed by atoms with Gasteiger partial charge in [0.2, 0.25) is 5.91 Å². The molecular formula is C16H23NOS. The third kappa shape index (κ3) is 3.02. The fourth-order valence-electron chi connectivity index (χ4n) is 4.03. The first-order valence-electron chi connectivity index (χ1n) is 7.53. The van der Waals surface area contributed by atoms with Gasteiger partial charge in [-0.2, -0.15) is 11.3 Å². The molecule has 0 aliphatic heterocycles. The van der Waals surface area contributed by atoms with Crippen molar-refractivity contribution in [2.45, 2.75) is 51.5 Å². The van der Waals surface area contributed by atoms with E-state index in [0.717, 1.165) is 24.2 Å². The van der Waals surface area contributed by atoms with Gasteiger partial charge in [-0.25, -0.2) is 0 Å². The number of thiophene rings is 1. The molecule has 2 bridgehead atoms. The first kappa shape index (κ1) is 13.2. The Morgan fingerprint density at radius 1 is 1.47 bits per heavy atom. The second-order valence-corrected chi connectivity index (χ2v) is 7.11. The summed E-state index contributed by atoms with van der Waals surface area (Å²) in [6.45, 7) is 2.20. The predicted octanol–water partition coefficient (Wildman–Crippen LogP) is 3.62. The van der Waals surface area contributed by atoms with Crippen LogP contribution in [0.4, 0.5) is 0 Å². The van der Waals surface area contributed by atoms with Crippen LogP contribution in [-0.4, -0.2) is 11.9 Å². The Balaban J connectivity index is 1.44. The smallest absolute Gasteiger partial charge is 0.220 e. The van der Waals surface area contributed by atoms with Gasteiger partial charge in [0.25, 0.3) is 0 Å². The van der Waals surface area contributed by atoms with E-state index < -0.39 is 0 Å². The van der Waals surface area contributed by atoms with Crippen LogP contribution in [0.25, 0.3) is 0 Å². The van der Waals surface area contributed by atoms with E-state index in [1.807, 2.05) is 0 Å². The summed E-state index contributed by atoms with van der Waals surface area (Å²) < 4.78 is 0. The van der Waals surface area contributed by atoms with Crippen LogP contribution in [0.15, 0.2) is 16.8 Å². The van der Waals surface area contributed by atoms with Gasteiger partial charge < -0.3 is 5.32 Å². The summed E-state index contributed by atoms with van der Waals surface area (Å²) >= 11 is 1.70. The number of nitrogens with one attached hydrogen (secondary N) is 1. The highest BCUT2D eigenvalue weighted by Crippen LogP contribution is 2.49. The van der Waals surface area contributed by atoms with E-state index >= 15 is 0 Å². The fourth-order valence-corrected chi connectivity index (χ4v) is 4.74. The molecule has 2 aliphatic carbocycles. The number of hydrogen-bond acceptors (Lipinski definition) is 2. The van der Waals surface area contributed by atoms with Gasteiger partial charge in [0, 0.05) is 12.5 Å². The van der Waals surface area contributed by atoms with Crippen LogP contribution in [0.5, 0.6) is 0 Å². The summed E-state index contributed by atoms with van der Waals surface area (Å²) in [5.74, 6) is 2.81. The Morgan fingerprint density at radius 3 is 3.00 bits per heavy atom. The molecule has 2 aliphatic rings. The lowest BCUT2D eigenvalue weighted by molar-refractivity contribution is -0.122. The Bertz CT molecular complexity index is 428. The van der Waals surface area contributed by atoms with Gasteiger partial charge in [-0.3, -0.25) is 4.79 Å². The zero-order valence-electron chi connectivity index (χ0n) is 11.6. The summed E-state index contributed by atoms with van der Waals surface area (Å²) in [6, 6.07) is 2.47. The Morgan fingerprint density at radius 2 is 2.37 bits per heavy atom. The minimum Gasteiger partial charge on any atom is -0.353 e. The fraction of sp³-hybridized carbons (Fsp3) is 0.688. The maximum Gasteiger partial charge on any atom is 0.220 e. The second-order valence-electron chi connectivity index (χ2n) is 6.33. The van der Waals surface area contributed by atoms with E-state index in [1.165, 1.54) is 31.2 Å².